The minimum absolute atomic E-state index is 0.149. The molecule has 2 aromatic carbocycles. The van der Waals surface area contributed by atoms with Crippen molar-refractivity contribution in [3.8, 4) is 5.75 Å². The standard InChI is InChI=1S/C20H22N4O3S/c1-4-13-6-5-7-15(12-13)21-18(28)23-24-17(25)20(2,22-19(24)26)14-8-10-16(27-3)11-9-14/h5-12H,4H2,1-3H3,(H,22,26)(H2,21,23,28)/t20-/m0/s1. The van der Waals surface area contributed by atoms with Crippen molar-refractivity contribution in [2.45, 2.75) is 25.8 Å². The van der Waals surface area contributed by atoms with Crippen LogP contribution in [0.5, 0.6) is 5.75 Å². The van der Waals surface area contributed by atoms with E-state index in [1.165, 1.54) is 0 Å². The van der Waals surface area contributed by atoms with Gasteiger partial charge < -0.3 is 15.4 Å². The average Bonchev–Trinajstić information content (AvgIpc) is 2.92. The van der Waals surface area contributed by atoms with Crippen molar-refractivity contribution in [2.24, 2.45) is 0 Å². The lowest BCUT2D eigenvalue weighted by atomic mass is 9.92. The molecule has 0 bridgehead atoms. The van der Waals surface area contributed by atoms with Crippen LogP contribution in [0.4, 0.5) is 10.5 Å². The van der Waals surface area contributed by atoms with Gasteiger partial charge in [-0.3, -0.25) is 10.2 Å². The predicted octanol–water partition coefficient (Wildman–Crippen LogP) is 2.93. The number of rotatable bonds is 5. The lowest BCUT2D eigenvalue weighted by Crippen LogP contribution is -2.49. The van der Waals surface area contributed by atoms with Crippen molar-refractivity contribution in [3.05, 3.63) is 59.7 Å². The topological polar surface area (TPSA) is 82.7 Å². The minimum atomic E-state index is -1.20. The van der Waals surface area contributed by atoms with Gasteiger partial charge in [-0.2, -0.15) is 5.01 Å². The summed E-state index contributed by atoms with van der Waals surface area (Å²) in [6, 6.07) is 14.1. The molecule has 3 amide bonds. The third-order valence-corrected chi connectivity index (χ3v) is 4.86. The van der Waals surface area contributed by atoms with Gasteiger partial charge in [-0.25, -0.2) is 4.79 Å². The largest absolute Gasteiger partial charge is 0.497 e. The van der Waals surface area contributed by atoms with Gasteiger partial charge in [0.15, 0.2) is 5.11 Å². The maximum absolute atomic E-state index is 12.9. The van der Waals surface area contributed by atoms with Gasteiger partial charge in [0.25, 0.3) is 5.91 Å². The van der Waals surface area contributed by atoms with Crippen molar-refractivity contribution >= 4 is 35.0 Å². The van der Waals surface area contributed by atoms with Gasteiger partial charge in [-0.15, -0.1) is 0 Å². The number of hydrazine groups is 1. The Kier molecular flexibility index (Phi) is 5.51. The number of methoxy groups -OCH3 is 1. The average molecular weight is 398 g/mol. The molecular formula is C20H22N4O3S. The molecule has 7 nitrogen and oxygen atoms in total. The molecule has 1 saturated heterocycles. The normalized spacial score (nSPS) is 18.6. The highest BCUT2D eigenvalue weighted by Crippen LogP contribution is 2.29. The number of hydrogen-bond acceptors (Lipinski definition) is 4. The second kappa shape index (κ2) is 7.85. The molecule has 1 fully saturated rings. The number of nitrogens with zero attached hydrogens (tertiary/aromatic N) is 1. The number of urea groups is 1. The Morgan fingerprint density at radius 1 is 1.21 bits per heavy atom. The van der Waals surface area contributed by atoms with Gasteiger partial charge in [0.05, 0.1) is 7.11 Å². The molecule has 0 saturated carbocycles. The molecule has 2 aromatic rings. The van der Waals surface area contributed by atoms with Crippen molar-refractivity contribution in [2.75, 3.05) is 12.4 Å². The number of hydrogen-bond donors (Lipinski definition) is 3. The van der Waals surface area contributed by atoms with Crippen molar-refractivity contribution in [1.82, 2.24) is 15.8 Å². The first-order valence-electron chi connectivity index (χ1n) is 8.85. The van der Waals surface area contributed by atoms with Gasteiger partial charge in [0.1, 0.15) is 11.3 Å². The molecule has 1 atom stereocenters. The van der Waals surface area contributed by atoms with E-state index in [9.17, 15) is 9.59 Å². The number of thiocarbonyl (C=S) groups is 1. The van der Waals surface area contributed by atoms with E-state index in [0.29, 0.717) is 11.3 Å². The number of carbonyl (C=O) groups excluding carboxylic acids is 2. The molecule has 0 aliphatic carbocycles. The van der Waals surface area contributed by atoms with Gasteiger partial charge in [-0.1, -0.05) is 31.2 Å². The molecule has 0 unspecified atom stereocenters. The van der Waals surface area contributed by atoms with Gasteiger partial charge in [-0.05, 0) is 61.0 Å². The summed E-state index contributed by atoms with van der Waals surface area (Å²) in [5, 5.41) is 6.76. The number of benzene rings is 2. The van der Waals surface area contributed by atoms with Crippen LogP contribution in [0.15, 0.2) is 48.5 Å². The summed E-state index contributed by atoms with van der Waals surface area (Å²) in [5.41, 5.74) is 4.05. The zero-order valence-corrected chi connectivity index (χ0v) is 16.7. The number of aryl methyl sites for hydroxylation is 1. The van der Waals surface area contributed by atoms with Crippen LogP contribution in [-0.4, -0.2) is 29.2 Å². The fourth-order valence-electron chi connectivity index (χ4n) is 2.99. The van der Waals surface area contributed by atoms with Crippen LogP contribution in [0.25, 0.3) is 0 Å². The van der Waals surface area contributed by atoms with Crippen LogP contribution in [0.2, 0.25) is 0 Å². The van der Waals surface area contributed by atoms with Crippen LogP contribution in [0.1, 0.15) is 25.0 Å². The smallest absolute Gasteiger partial charge is 0.344 e. The van der Waals surface area contributed by atoms with E-state index in [0.717, 1.165) is 22.7 Å². The van der Waals surface area contributed by atoms with Crippen molar-refractivity contribution < 1.29 is 14.3 Å². The third kappa shape index (κ3) is 3.77. The van der Waals surface area contributed by atoms with Gasteiger partial charge in [0.2, 0.25) is 0 Å². The Hall–Kier alpha value is -3.13. The highest BCUT2D eigenvalue weighted by molar-refractivity contribution is 7.80. The van der Waals surface area contributed by atoms with E-state index in [2.05, 4.69) is 23.0 Å². The Balaban J connectivity index is 1.73. The summed E-state index contributed by atoms with van der Waals surface area (Å²) in [6.07, 6.45) is 0.892. The molecule has 1 aliphatic heterocycles. The molecule has 0 aromatic heterocycles. The molecule has 1 heterocycles. The molecule has 0 spiro atoms. The molecule has 28 heavy (non-hydrogen) atoms. The number of ether oxygens (including phenoxy) is 1. The van der Waals surface area contributed by atoms with Crippen molar-refractivity contribution in [1.29, 1.82) is 0 Å². The monoisotopic (exact) mass is 398 g/mol. The number of imide groups is 1. The second-order valence-corrected chi connectivity index (χ2v) is 6.95. The van der Waals surface area contributed by atoms with Crippen LogP contribution in [-0.2, 0) is 16.8 Å². The fourth-order valence-corrected chi connectivity index (χ4v) is 3.20. The van der Waals surface area contributed by atoms with Crippen LogP contribution < -0.4 is 20.8 Å². The van der Waals surface area contributed by atoms with E-state index in [-0.39, 0.29) is 5.11 Å². The molecule has 8 heteroatoms. The Bertz CT molecular complexity index is 916. The highest BCUT2D eigenvalue weighted by atomic mass is 32.1. The lowest BCUT2D eigenvalue weighted by Gasteiger charge is -2.23. The summed E-state index contributed by atoms with van der Waals surface area (Å²) in [6.45, 7) is 3.71. The zero-order chi connectivity index (χ0) is 20.3. The van der Waals surface area contributed by atoms with E-state index < -0.39 is 17.5 Å². The van der Waals surface area contributed by atoms with E-state index in [4.69, 9.17) is 17.0 Å². The Morgan fingerprint density at radius 3 is 2.57 bits per heavy atom. The van der Waals surface area contributed by atoms with Crippen molar-refractivity contribution in [3.63, 3.8) is 0 Å². The van der Waals surface area contributed by atoms with E-state index in [1.807, 2.05) is 24.3 Å². The minimum Gasteiger partial charge on any atom is -0.497 e. The number of nitrogens with one attached hydrogen (secondary N) is 3. The van der Waals surface area contributed by atoms with E-state index >= 15 is 0 Å². The maximum Gasteiger partial charge on any atom is 0.344 e. The maximum atomic E-state index is 12.9. The lowest BCUT2D eigenvalue weighted by molar-refractivity contribution is -0.132. The summed E-state index contributed by atoms with van der Waals surface area (Å²) in [5.74, 6) is 0.216. The highest BCUT2D eigenvalue weighted by Gasteiger charge is 2.49. The molecule has 3 rings (SSSR count). The molecule has 3 N–H and O–H groups in total. The molecule has 1 aliphatic rings. The number of amides is 3. The first kappa shape index (κ1) is 19.6. The number of anilines is 1. The van der Waals surface area contributed by atoms with E-state index in [1.54, 1.807) is 38.3 Å². The molecule has 146 valence electrons. The Labute approximate surface area is 169 Å². The summed E-state index contributed by atoms with van der Waals surface area (Å²) >= 11 is 5.27. The van der Waals surface area contributed by atoms with Crippen LogP contribution in [0.3, 0.4) is 0 Å². The van der Waals surface area contributed by atoms with Gasteiger partial charge >= 0.3 is 6.03 Å². The second-order valence-electron chi connectivity index (χ2n) is 6.54. The Morgan fingerprint density at radius 2 is 1.93 bits per heavy atom. The summed E-state index contributed by atoms with van der Waals surface area (Å²) in [7, 11) is 1.56. The first-order valence-corrected chi connectivity index (χ1v) is 9.26. The van der Waals surface area contributed by atoms with Crippen LogP contribution >= 0.6 is 12.2 Å². The first-order chi connectivity index (χ1) is 13.4. The quantitative estimate of drug-likeness (QED) is 0.531. The zero-order valence-electron chi connectivity index (χ0n) is 15.9. The summed E-state index contributed by atoms with van der Waals surface area (Å²) in [4.78, 5) is 25.3. The van der Waals surface area contributed by atoms with Gasteiger partial charge in [0, 0.05) is 5.69 Å². The molecular weight excluding hydrogens is 376 g/mol. The molecule has 0 radical (unpaired) electrons. The fraction of sp³-hybridized carbons (Fsp3) is 0.250. The number of carbonyl (C=O) groups is 2. The predicted molar refractivity (Wildman–Crippen MR) is 111 cm³/mol. The third-order valence-electron chi connectivity index (χ3n) is 4.66. The SMILES string of the molecule is CCc1cccc(NC(=S)NN2C(=O)N[C@@](C)(c3ccc(OC)cc3)C2=O)c1. The van der Waals surface area contributed by atoms with Crippen LogP contribution in [0, 0.1) is 0 Å². The summed E-state index contributed by atoms with van der Waals surface area (Å²) < 4.78 is 5.14.